The molecule has 340 valence electrons. The zero-order chi connectivity index (χ0) is 45.3. The lowest BCUT2D eigenvalue weighted by Gasteiger charge is -2.43. The Kier molecular flexibility index (Phi) is 15.2. The second-order valence-electron chi connectivity index (χ2n) is 15.9. The van der Waals surface area contributed by atoms with Gasteiger partial charge in [-0.2, -0.15) is 0 Å². The van der Waals surface area contributed by atoms with E-state index in [9.17, 15) is 36.7 Å². The SMILES string of the molecule is COC(=O)c1ccc(CN(C(=O)N2CCN(C3COC3)CC2)c2cccc(F)c2)c(F)c1.NCC(=O)c1ccc(CN(C(=O)N2CCN(C3COC3)CC2)c2cccc(F)c2)c(F)c1. The highest BCUT2D eigenvalue weighted by Crippen LogP contribution is 2.26. The summed E-state index contributed by atoms with van der Waals surface area (Å²) in [5.74, 6) is -3.26. The Balaban J connectivity index is 0.000000191. The molecule has 4 saturated heterocycles. The number of ketones is 1. The molecule has 4 aliphatic rings. The molecule has 14 nitrogen and oxygen atoms in total. The minimum Gasteiger partial charge on any atom is -0.465 e. The fraction of sp³-hybridized carbons (Fsp3) is 0.391. The Morgan fingerprint density at radius 3 is 1.39 bits per heavy atom. The van der Waals surface area contributed by atoms with Crippen molar-refractivity contribution in [2.45, 2.75) is 25.2 Å². The van der Waals surface area contributed by atoms with E-state index in [1.807, 2.05) is 0 Å². The van der Waals surface area contributed by atoms with Gasteiger partial charge >= 0.3 is 18.0 Å². The van der Waals surface area contributed by atoms with Gasteiger partial charge in [0.15, 0.2) is 5.78 Å². The summed E-state index contributed by atoms with van der Waals surface area (Å²) in [6.07, 6.45) is 0. The van der Waals surface area contributed by atoms with Crippen molar-refractivity contribution < 1.29 is 51.0 Å². The summed E-state index contributed by atoms with van der Waals surface area (Å²) >= 11 is 0. The van der Waals surface area contributed by atoms with E-state index in [0.29, 0.717) is 76.1 Å². The zero-order valence-corrected chi connectivity index (χ0v) is 35.5. The van der Waals surface area contributed by atoms with E-state index in [2.05, 4.69) is 14.5 Å². The minimum absolute atomic E-state index is 0.0773. The quantitative estimate of drug-likeness (QED) is 0.122. The summed E-state index contributed by atoms with van der Waals surface area (Å²) in [5, 5.41) is 0. The summed E-state index contributed by atoms with van der Waals surface area (Å²) < 4.78 is 72.5. The summed E-state index contributed by atoms with van der Waals surface area (Å²) in [7, 11) is 1.22. The maximum Gasteiger partial charge on any atom is 0.337 e. The van der Waals surface area contributed by atoms with Crippen LogP contribution in [0.5, 0.6) is 0 Å². The van der Waals surface area contributed by atoms with Crippen LogP contribution in [0.15, 0.2) is 84.9 Å². The summed E-state index contributed by atoms with van der Waals surface area (Å²) in [6, 6.07) is 19.5. The van der Waals surface area contributed by atoms with Gasteiger partial charge in [0.05, 0.1) is 70.8 Å². The molecule has 0 atom stereocenters. The maximum absolute atomic E-state index is 14.8. The number of urea groups is 2. The number of hydrogen-bond acceptors (Lipinski definition) is 10. The predicted octanol–water partition coefficient (Wildman–Crippen LogP) is 5.14. The van der Waals surface area contributed by atoms with Crippen molar-refractivity contribution in [2.75, 3.05) is 102 Å². The Morgan fingerprint density at radius 1 is 0.609 bits per heavy atom. The average Bonchev–Trinajstić information content (AvgIpc) is 3.26. The highest BCUT2D eigenvalue weighted by molar-refractivity contribution is 5.97. The molecule has 0 bridgehead atoms. The number of amides is 4. The molecule has 0 spiro atoms. The molecular weight excluding hydrogens is 839 g/mol. The molecule has 4 fully saturated rings. The largest absolute Gasteiger partial charge is 0.465 e. The number of benzene rings is 4. The first kappa shape index (κ1) is 46.1. The van der Waals surface area contributed by atoms with Gasteiger partial charge in [-0.05, 0) is 54.6 Å². The molecule has 0 radical (unpaired) electrons. The third kappa shape index (κ3) is 11.1. The molecule has 0 saturated carbocycles. The van der Waals surface area contributed by atoms with Crippen LogP contribution in [0.3, 0.4) is 0 Å². The second-order valence-corrected chi connectivity index (χ2v) is 15.9. The Bertz CT molecular complexity index is 2140. The van der Waals surface area contributed by atoms with E-state index < -0.39 is 29.2 Å². The number of esters is 1. The maximum atomic E-state index is 14.8. The molecule has 8 rings (SSSR count). The number of anilines is 2. The van der Waals surface area contributed by atoms with Gasteiger partial charge in [-0.1, -0.05) is 30.3 Å². The number of Topliss-reactive ketones (excluding diaryl/α,β-unsaturated/α-hetero) is 1. The predicted molar refractivity (Wildman–Crippen MR) is 229 cm³/mol. The number of methoxy groups -OCH3 is 1. The number of rotatable bonds is 11. The van der Waals surface area contributed by atoms with Crippen LogP contribution in [0.1, 0.15) is 31.8 Å². The molecule has 4 aromatic carbocycles. The summed E-state index contributed by atoms with van der Waals surface area (Å²) in [5.41, 5.74) is 6.71. The van der Waals surface area contributed by atoms with Gasteiger partial charge in [0, 0.05) is 80.4 Å². The van der Waals surface area contributed by atoms with E-state index in [-0.39, 0.29) is 59.7 Å². The first-order valence-electron chi connectivity index (χ1n) is 21.1. The van der Waals surface area contributed by atoms with E-state index in [1.165, 1.54) is 77.6 Å². The third-order valence-electron chi connectivity index (χ3n) is 11.8. The highest BCUT2D eigenvalue weighted by atomic mass is 19.1. The topological polar surface area (TPSA) is 141 Å². The molecule has 4 aliphatic heterocycles. The van der Waals surface area contributed by atoms with Crippen LogP contribution in [0.4, 0.5) is 38.5 Å². The van der Waals surface area contributed by atoms with Gasteiger partial charge in [-0.3, -0.25) is 24.4 Å². The van der Waals surface area contributed by atoms with E-state index in [4.69, 9.17) is 15.2 Å². The fourth-order valence-electron chi connectivity index (χ4n) is 7.82. The summed E-state index contributed by atoms with van der Waals surface area (Å²) in [6.45, 7) is 7.40. The number of nitrogens with zero attached hydrogens (tertiary/aromatic N) is 6. The van der Waals surface area contributed by atoms with Gasteiger partial charge in [-0.15, -0.1) is 0 Å². The normalized spacial score (nSPS) is 17.1. The number of nitrogens with two attached hydrogens (primary N) is 1. The van der Waals surface area contributed by atoms with Gasteiger partial charge in [0.25, 0.3) is 0 Å². The lowest BCUT2D eigenvalue weighted by Crippen LogP contribution is -2.59. The Morgan fingerprint density at radius 2 is 1.03 bits per heavy atom. The lowest BCUT2D eigenvalue weighted by atomic mass is 10.1. The fourth-order valence-corrected chi connectivity index (χ4v) is 7.82. The third-order valence-corrected chi connectivity index (χ3v) is 11.8. The van der Waals surface area contributed by atoms with Crippen molar-refractivity contribution in [1.29, 1.82) is 0 Å². The number of halogens is 4. The molecule has 0 aliphatic carbocycles. The second kappa shape index (κ2) is 21.2. The van der Waals surface area contributed by atoms with Crippen molar-refractivity contribution in [2.24, 2.45) is 5.73 Å². The number of hydrogen-bond donors (Lipinski definition) is 1. The molecule has 0 unspecified atom stereocenters. The van der Waals surface area contributed by atoms with Crippen LogP contribution >= 0.6 is 0 Å². The van der Waals surface area contributed by atoms with Crippen molar-refractivity contribution in [3.8, 4) is 0 Å². The van der Waals surface area contributed by atoms with Crippen molar-refractivity contribution >= 4 is 35.2 Å². The molecule has 2 N–H and O–H groups in total. The van der Waals surface area contributed by atoms with E-state index in [0.717, 1.165) is 38.3 Å². The molecule has 0 aromatic heterocycles. The van der Waals surface area contributed by atoms with Crippen LogP contribution in [0, 0.1) is 23.3 Å². The first-order chi connectivity index (χ1) is 30.9. The molecule has 4 amide bonds. The van der Waals surface area contributed by atoms with Gasteiger partial charge in [0.1, 0.15) is 23.3 Å². The van der Waals surface area contributed by atoms with Crippen LogP contribution in [-0.2, 0) is 27.3 Å². The van der Waals surface area contributed by atoms with Gasteiger partial charge in [-0.25, -0.2) is 31.9 Å². The molecule has 64 heavy (non-hydrogen) atoms. The van der Waals surface area contributed by atoms with Crippen LogP contribution < -0.4 is 15.5 Å². The van der Waals surface area contributed by atoms with Gasteiger partial charge in [0.2, 0.25) is 0 Å². The lowest BCUT2D eigenvalue weighted by molar-refractivity contribution is -0.0738. The molecular formula is C46H51F4N7O7. The van der Waals surface area contributed by atoms with Crippen LogP contribution in [-0.4, -0.2) is 148 Å². The number of piperazine rings is 2. The standard InChI is InChI=1S/C23H26F2N4O3.C23H25F2N3O4/c24-18-2-1-3-19(11-18)29(13-17-5-4-16(10-21(17)25)22(30)12-26)23(31)28-8-6-27(7-9-28)20-14-32-15-20;1-31-22(29)16-5-6-17(21(25)11-16)13-28(19-4-2-3-18(24)12-19)23(30)27-9-7-26(8-10-27)20-14-32-15-20/h1-5,10-11,20H,6-9,12-15,26H2;2-6,11-12,20H,7-10,13-15H2,1H3. The molecule has 18 heteroatoms. The smallest absolute Gasteiger partial charge is 0.337 e. The van der Waals surface area contributed by atoms with Crippen molar-refractivity contribution in [1.82, 2.24) is 19.6 Å². The van der Waals surface area contributed by atoms with E-state index >= 15 is 0 Å². The average molecular weight is 890 g/mol. The zero-order valence-electron chi connectivity index (χ0n) is 35.5. The molecule has 4 aromatic rings. The van der Waals surface area contributed by atoms with Crippen molar-refractivity contribution in [3.05, 3.63) is 130 Å². The van der Waals surface area contributed by atoms with Crippen molar-refractivity contribution in [3.63, 3.8) is 0 Å². The first-order valence-corrected chi connectivity index (χ1v) is 21.1. The highest BCUT2D eigenvalue weighted by Gasteiger charge is 2.34. The van der Waals surface area contributed by atoms with Crippen LogP contribution in [0.25, 0.3) is 0 Å². The monoisotopic (exact) mass is 889 g/mol. The summed E-state index contributed by atoms with van der Waals surface area (Å²) in [4.78, 5) is 60.9. The minimum atomic E-state index is -0.650. The Hall–Kier alpha value is -5.92. The Labute approximate surface area is 368 Å². The number of carbonyl (C=O) groups excluding carboxylic acids is 4. The molecule has 4 heterocycles. The van der Waals surface area contributed by atoms with Gasteiger partial charge < -0.3 is 29.7 Å². The van der Waals surface area contributed by atoms with Crippen LogP contribution in [0.2, 0.25) is 0 Å². The number of carbonyl (C=O) groups is 4. The van der Waals surface area contributed by atoms with E-state index in [1.54, 1.807) is 21.9 Å². The number of ether oxygens (including phenoxy) is 3.